The summed E-state index contributed by atoms with van der Waals surface area (Å²) in [4.78, 5) is 8.61. The molecule has 1 aromatic carbocycles. The number of benzene rings is 1. The largest absolute Gasteiger partial charge is 0.440 e. The number of imidazole rings is 1. The van der Waals surface area contributed by atoms with E-state index in [-0.39, 0.29) is 0 Å². The molecule has 0 bridgehead atoms. The van der Waals surface area contributed by atoms with Crippen LogP contribution < -0.4 is 5.32 Å². The van der Waals surface area contributed by atoms with Gasteiger partial charge in [-0.15, -0.1) is 0 Å². The quantitative estimate of drug-likeness (QED) is 0.790. The number of aryl methyl sites for hydroxylation is 1. The Morgan fingerprint density at radius 2 is 2.20 bits per heavy atom. The van der Waals surface area contributed by atoms with Crippen molar-refractivity contribution in [2.45, 2.75) is 26.3 Å². The molecular formula is C15H18N4O. The first-order valence-electron chi connectivity index (χ1n) is 6.73. The van der Waals surface area contributed by atoms with Gasteiger partial charge in [0, 0.05) is 24.8 Å². The van der Waals surface area contributed by atoms with E-state index in [2.05, 4.69) is 29.1 Å². The van der Waals surface area contributed by atoms with Crippen molar-refractivity contribution < 1.29 is 4.42 Å². The Labute approximate surface area is 117 Å². The van der Waals surface area contributed by atoms with Gasteiger partial charge in [0.1, 0.15) is 5.52 Å². The Balaban J connectivity index is 1.80. The topological polar surface area (TPSA) is 55.9 Å². The second kappa shape index (κ2) is 5.00. The molecule has 0 unspecified atom stereocenters. The van der Waals surface area contributed by atoms with Gasteiger partial charge in [-0.1, -0.05) is 13.8 Å². The molecule has 104 valence electrons. The molecule has 0 saturated carbocycles. The van der Waals surface area contributed by atoms with E-state index in [1.807, 2.05) is 36.0 Å². The van der Waals surface area contributed by atoms with Crippen molar-refractivity contribution in [3.63, 3.8) is 0 Å². The zero-order valence-corrected chi connectivity index (χ0v) is 11.9. The van der Waals surface area contributed by atoms with Crippen LogP contribution in [0.3, 0.4) is 0 Å². The zero-order valence-electron chi connectivity index (χ0n) is 11.9. The highest BCUT2D eigenvalue weighted by Gasteiger charge is 2.09. The van der Waals surface area contributed by atoms with E-state index in [4.69, 9.17) is 4.42 Å². The molecule has 0 saturated heterocycles. The van der Waals surface area contributed by atoms with Crippen molar-refractivity contribution >= 4 is 16.8 Å². The first kappa shape index (κ1) is 12.7. The van der Waals surface area contributed by atoms with Gasteiger partial charge in [-0.25, -0.2) is 9.97 Å². The van der Waals surface area contributed by atoms with Gasteiger partial charge >= 0.3 is 0 Å². The predicted octanol–water partition coefficient (Wildman–Crippen LogP) is 3.30. The lowest BCUT2D eigenvalue weighted by Crippen LogP contribution is -2.03. The van der Waals surface area contributed by atoms with Gasteiger partial charge in [-0.3, -0.25) is 0 Å². The van der Waals surface area contributed by atoms with E-state index < -0.39 is 0 Å². The standard InChI is InChI=1S/C15H18N4O/c1-10(2)15-18-13-6-11(4-5-14(13)20-15)17-8-12-7-16-9-19(12)3/h4-7,9-10,17H,8H2,1-3H3. The third kappa shape index (κ3) is 2.39. The average Bonchev–Trinajstić information content (AvgIpc) is 3.01. The van der Waals surface area contributed by atoms with Gasteiger partial charge in [0.2, 0.25) is 0 Å². The maximum absolute atomic E-state index is 5.70. The summed E-state index contributed by atoms with van der Waals surface area (Å²) in [5, 5.41) is 3.38. The summed E-state index contributed by atoms with van der Waals surface area (Å²) >= 11 is 0. The van der Waals surface area contributed by atoms with E-state index in [0.29, 0.717) is 5.92 Å². The van der Waals surface area contributed by atoms with E-state index in [9.17, 15) is 0 Å². The minimum absolute atomic E-state index is 0.299. The molecule has 0 atom stereocenters. The maximum atomic E-state index is 5.70. The molecule has 0 radical (unpaired) electrons. The number of rotatable bonds is 4. The molecule has 0 amide bonds. The molecule has 3 aromatic rings. The molecular weight excluding hydrogens is 252 g/mol. The maximum Gasteiger partial charge on any atom is 0.198 e. The summed E-state index contributed by atoms with van der Waals surface area (Å²) < 4.78 is 7.70. The molecule has 0 aliphatic carbocycles. The number of hydrogen-bond acceptors (Lipinski definition) is 4. The number of aromatic nitrogens is 3. The second-order valence-corrected chi connectivity index (χ2v) is 5.24. The highest BCUT2D eigenvalue weighted by molar-refractivity contribution is 5.77. The lowest BCUT2D eigenvalue weighted by molar-refractivity contribution is 0.501. The van der Waals surface area contributed by atoms with Gasteiger partial charge in [0.25, 0.3) is 0 Å². The highest BCUT2D eigenvalue weighted by atomic mass is 16.3. The van der Waals surface area contributed by atoms with Gasteiger partial charge in [-0.2, -0.15) is 0 Å². The van der Waals surface area contributed by atoms with E-state index in [1.165, 1.54) is 0 Å². The number of nitrogens with zero attached hydrogens (tertiary/aromatic N) is 3. The molecule has 1 N–H and O–H groups in total. The molecule has 20 heavy (non-hydrogen) atoms. The molecule has 2 heterocycles. The van der Waals surface area contributed by atoms with Gasteiger partial charge in [0.05, 0.1) is 18.6 Å². The first-order chi connectivity index (χ1) is 9.63. The van der Waals surface area contributed by atoms with Crippen LogP contribution in [0.5, 0.6) is 0 Å². The van der Waals surface area contributed by atoms with E-state index >= 15 is 0 Å². The number of nitrogens with one attached hydrogen (secondary N) is 1. The molecule has 3 rings (SSSR count). The Bertz CT molecular complexity index is 726. The molecule has 0 aliphatic rings. The molecule has 2 aromatic heterocycles. The van der Waals surface area contributed by atoms with Crippen LogP contribution in [0.1, 0.15) is 31.4 Å². The van der Waals surface area contributed by atoms with Crippen LogP contribution in [0, 0.1) is 0 Å². The normalized spacial score (nSPS) is 11.4. The van der Waals surface area contributed by atoms with Crippen LogP contribution >= 0.6 is 0 Å². The number of hydrogen-bond donors (Lipinski definition) is 1. The number of fused-ring (bicyclic) bond motifs is 1. The minimum Gasteiger partial charge on any atom is -0.440 e. The fourth-order valence-corrected chi connectivity index (χ4v) is 2.05. The lowest BCUT2D eigenvalue weighted by atomic mass is 10.2. The summed E-state index contributed by atoms with van der Waals surface area (Å²) in [6.07, 6.45) is 3.66. The van der Waals surface area contributed by atoms with Crippen LogP contribution in [0.4, 0.5) is 5.69 Å². The smallest absolute Gasteiger partial charge is 0.198 e. The highest BCUT2D eigenvalue weighted by Crippen LogP contribution is 2.23. The van der Waals surface area contributed by atoms with Crippen molar-refractivity contribution in [3.8, 4) is 0 Å². The number of oxazole rings is 1. The molecule has 0 fully saturated rings. The van der Waals surface area contributed by atoms with Crippen molar-refractivity contribution in [1.29, 1.82) is 0 Å². The van der Waals surface area contributed by atoms with Crippen molar-refractivity contribution in [3.05, 3.63) is 42.3 Å². The third-order valence-corrected chi connectivity index (χ3v) is 3.29. The van der Waals surface area contributed by atoms with Crippen LogP contribution in [-0.2, 0) is 13.6 Å². The van der Waals surface area contributed by atoms with Crippen molar-refractivity contribution in [2.24, 2.45) is 7.05 Å². The molecule has 0 aliphatic heterocycles. The van der Waals surface area contributed by atoms with Crippen molar-refractivity contribution in [2.75, 3.05) is 5.32 Å². The monoisotopic (exact) mass is 270 g/mol. The second-order valence-electron chi connectivity index (χ2n) is 5.24. The molecule has 0 spiro atoms. The van der Waals surface area contributed by atoms with Crippen LogP contribution in [0.2, 0.25) is 0 Å². The molecule has 5 nitrogen and oxygen atoms in total. The van der Waals surface area contributed by atoms with Crippen LogP contribution in [0.15, 0.2) is 35.1 Å². The van der Waals surface area contributed by atoms with Crippen LogP contribution in [-0.4, -0.2) is 14.5 Å². The van der Waals surface area contributed by atoms with Gasteiger partial charge < -0.3 is 14.3 Å². The Kier molecular flexibility index (Phi) is 3.18. The molecule has 5 heteroatoms. The van der Waals surface area contributed by atoms with Crippen LogP contribution in [0.25, 0.3) is 11.1 Å². The van der Waals surface area contributed by atoms with E-state index in [1.54, 1.807) is 6.33 Å². The summed E-state index contributed by atoms with van der Waals surface area (Å²) in [5.74, 6) is 1.08. The predicted molar refractivity (Wildman–Crippen MR) is 78.6 cm³/mol. The van der Waals surface area contributed by atoms with Gasteiger partial charge in [0.15, 0.2) is 11.5 Å². The lowest BCUT2D eigenvalue weighted by Gasteiger charge is -2.06. The summed E-state index contributed by atoms with van der Waals surface area (Å²) in [5.41, 5.74) is 3.89. The summed E-state index contributed by atoms with van der Waals surface area (Å²) in [6.45, 7) is 4.88. The Hall–Kier alpha value is -2.30. The SMILES string of the molecule is CC(C)c1nc2cc(NCc3cncn3C)ccc2o1. The van der Waals surface area contributed by atoms with Gasteiger partial charge in [-0.05, 0) is 18.2 Å². The fraction of sp³-hybridized carbons (Fsp3) is 0.333. The summed E-state index contributed by atoms with van der Waals surface area (Å²) in [6, 6.07) is 5.98. The average molecular weight is 270 g/mol. The fourth-order valence-electron chi connectivity index (χ4n) is 2.05. The Morgan fingerprint density at radius 3 is 2.90 bits per heavy atom. The number of anilines is 1. The third-order valence-electron chi connectivity index (χ3n) is 3.29. The van der Waals surface area contributed by atoms with E-state index in [0.717, 1.165) is 34.9 Å². The minimum atomic E-state index is 0.299. The van der Waals surface area contributed by atoms with Crippen molar-refractivity contribution in [1.82, 2.24) is 14.5 Å². The summed E-state index contributed by atoms with van der Waals surface area (Å²) in [7, 11) is 1.99. The Morgan fingerprint density at radius 1 is 1.35 bits per heavy atom. The zero-order chi connectivity index (χ0) is 14.1. The first-order valence-corrected chi connectivity index (χ1v) is 6.73.